The quantitative estimate of drug-likeness (QED) is 0.716. The number of para-hydroxylation sites is 2. The molecule has 5 aliphatic rings. The molecule has 7 rings (SSSR count). The third-order valence-corrected chi connectivity index (χ3v) is 10.1. The lowest BCUT2D eigenvalue weighted by Gasteiger charge is -2.45. The van der Waals surface area contributed by atoms with Crippen LogP contribution in [0.1, 0.15) is 76.7 Å². The van der Waals surface area contributed by atoms with Gasteiger partial charge >= 0.3 is 0 Å². The van der Waals surface area contributed by atoms with Gasteiger partial charge in [-0.2, -0.15) is 0 Å². The Labute approximate surface area is 209 Å². The lowest BCUT2D eigenvalue weighted by Crippen LogP contribution is -2.50. The van der Waals surface area contributed by atoms with Gasteiger partial charge in [-0.1, -0.05) is 44.2 Å². The molecular formula is C29H41N5O. The highest BCUT2D eigenvalue weighted by Gasteiger charge is 2.45. The van der Waals surface area contributed by atoms with Crippen molar-refractivity contribution < 1.29 is 0 Å². The minimum Gasteiger partial charge on any atom is -0.351 e. The summed E-state index contributed by atoms with van der Waals surface area (Å²) in [5, 5.41) is 3.52. The number of fused-ring (bicyclic) bond motifs is 4. The van der Waals surface area contributed by atoms with E-state index in [0.717, 1.165) is 56.1 Å². The van der Waals surface area contributed by atoms with Crippen LogP contribution in [0.2, 0.25) is 0 Å². The summed E-state index contributed by atoms with van der Waals surface area (Å²) in [5.74, 6) is 2.01. The standard InChI is InChI=1S/C29H41N5O/c35-29-28(32-18-20-16-30-17-21(20)19-32)31-26-10-6-7-11-27(26)34(29)25-14-23-12-13-24(15-25)33(23)22-8-4-2-1-3-5-9-22/h6-7,10-11,20-25,30H,1-5,8-9,12-19H2/t20?,21?,23-,24+,25?. The zero-order chi connectivity index (χ0) is 23.4. The number of nitrogens with one attached hydrogen (secondary N) is 1. The lowest BCUT2D eigenvalue weighted by atomic mass is 9.89. The maximum Gasteiger partial charge on any atom is 0.294 e. The van der Waals surface area contributed by atoms with Crippen LogP contribution in [0.4, 0.5) is 5.82 Å². The molecule has 1 saturated carbocycles. The number of aromatic nitrogens is 2. The highest BCUT2D eigenvalue weighted by Crippen LogP contribution is 2.44. The smallest absolute Gasteiger partial charge is 0.294 e. The minimum atomic E-state index is 0.153. The van der Waals surface area contributed by atoms with Crippen LogP contribution in [0.5, 0.6) is 0 Å². The van der Waals surface area contributed by atoms with Crippen LogP contribution in [-0.4, -0.2) is 58.8 Å². The molecule has 5 atom stereocenters. The Morgan fingerprint density at radius 2 is 1.43 bits per heavy atom. The first kappa shape index (κ1) is 22.3. The lowest BCUT2D eigenvalue weighted by molar-refractivity contribution is 0.0498. The molecule has 0 amide bonds. The van der Waals surface area contributed by atoms with Gasteiger partial charge in [-0.25, -0.2) is 4.98 Å². The maximum absolute atomic E-state index is 14.1. The molecule has 2 bridgehead atoms. The van der Waals surface area contributed by atoms with Crippen molar-refractivity contribution in [2.45, 2.75) is 94.8 Å². The van der Waals surface area contributed by atoms with Crippen LogP contribution in [0, 0.1) is 11.8 Å². The average molecular weight is 476 g/mol. The van der Waals surface area contributed by atoms with Gasteiger partial charge in [-0.3, -0.25) is 9.69 Å². The van der Waals surface area contributed by atoms with Gasteiger partial charge in [0.15, 0.2) is 5.82 Å². The van der Waals surface area contributed by atoms with E-state index in [1.807, 2.05) is 0 Å². The fraction of sp³-hybridized carbons (Fsp3) is 0.724. The Bertz CT molecular complexity index is 1100. The molecule has 5 heterocycles. The largest absolute Gasteiger partial charge is 0.351 e. The molecule has 1 aromatic heterocycles. The van der Waals surface area contributed by atoms with E-state index in [4.69, 9.17) is 4.98 Å². The molecule has 35 heavy (non-hydrogen) atoms. The second kappa shape index (κ2) is 9.19. The first-order valence-corrected chi connectivity index (χ1v) is 14.5. The molecule has 1 aliphatic carbocycles. The van der Waals surface area contributed by atoms with E-state index in [1.165, 1.54) is 57.8 Å². The summed E-state index contributed by atoms with van der Waals surface area (Å²) in [6, 6.07) is 10.7. The van der Waals surface area contributed by atoms with Gasteiger partial charge < -0.3 is 14.8 Å². The van der Waals surface area contributed by atoms with Crippen molar-refractivity contribution in [1.82, 2.24) is 19.8 Å². The van der Waals surface area contributed by atoms with Crippen molar-refractivity contribution in [2.24, 2.45) is 11.8 Å². The van der Waals surface area contributed by atoms with E-state index in [2.05, 4.69) is 43.9 Å². The summed E-state index contributed by atoms with van der Waals surface area (Å²) in [7, 11) is 0. The number of hydrogen-bond donors (Lipinski definition) is 1. The van der Waals surface area contributed by atoms with E-state index >= 15 is 0 Å². The monoisotopic (exact) mass is 475 g/mol. The predicted octanol–water partition coefficient (Wildman–Crippen LogP) is 4.33. The van der Waals surface area contributed by atoms with Crippen molar-refractivity contribution in [3.63, 3.8) is 0 Å². The summed E-state index contributed by atoms with van der Waals surface area (Å²) >= 11 is 0. The Hall–Kier alpha value is -1.92. The van der Waals surface area contributed by atoms with E-state index in [1.54, 1.807) is 0 Å². The molecule has 4 saturated heterocycles. The van der Waals surface area contributed by atoms with E-state index in [-0.39, 0.29) is 5.56 Å². The molecule has 1 aromatic carbocycles. The first-order valence-electron chi connectivity index (χ1n) is 14.5. The van der Waals surface area contributed by atoms with Crippen molar-refractivity contribution in [2.75, 3.05) is 31.1 Å². The molecule has 1 N–H and O–H groups in total. The maximum atomic E-state index is 14.1. The number of anilines is 1. The number of piperidine rings is 1. The molecule has 5 fully saturated rings. The van der Waals surface area contributed by atoms with Crippen molar-refractivity contribution in [1.29, 1.82) is 0 Å². The summed E-state index contributed by atoms with van der Waals surface area (Å²) in [5.41, 5.74) is 2.17. The van der Waals surface area contributed by atoms with Gasteiger partial charge in [0.1, 0.15) is 0 Å². The van der Waals surface area contributed by atoms with Crippen molar-refractivity contribution in [3.05, 3.63) is 34.6 Å². The van der Waals surface area contributed by atoms with Crippen molar-refractivity contribution in [3.8, 4) is 0 Å². The summed E-state index contributed by atoms with van der Waals surface area (Å²) < 4.78 is 2.19. The zero-order valence-corrected chi connectivity index (χ0v) is 21.1. The Morgan fingerprint density at radius 3 is 2.14 bits per heavy atom. The van der Waals surface area contributed by atoms with Crippen LogP contribution in [0.15, 0.2) is 29.1 Å². The fourth-order valence-electron chi connectivity index (χ4n) is 8.46. The van der Waals surface area contributed by atoms with Crippen LogP contribution < -0.4 is 15.8 Å². The number of rotatable bonds is 3. The minimum absolute atomic E-state index is 0.153. The molecule has 3 unspecified atom stereocenters. The molecule has 2 aromatic rings. The fourth-order valence-corrected chi connectivity index (χ4v) is 8.46. The van der Waals surface area contributed by atoms with Gasteiger partial charge in [0.2, 0.25) is 0 Å². The van der Waals surface area contributed by atoms with Crippen LogP contribution in [0.25, 0.3) is 11.0 Å². The van der Waals surface area contributed by atoms with Crippen LogP contribution in [-0.2, 0) is 0 Å². The van der Waals surface area contributed by atoms with Gasteiger partial charge in [0.25, 0.3) is 5.56 Å². The molecular weight excluding hydrogens is 434 g/mol. The topological polar surface area (TPSA) is 53.4 Å². The number of nitrogens with zero attached hydrogens (tertiary/aromatic N) is 4. The average Bonchev–Trinajstić information content (AvgIpc) is 3.51. The van der Waals surface area contributed by atoms with Gasteiger partial charge in [0, 0.05) is 50.3 Å². The highest BCUT2D eigenvalue weighted by molar-refractivity contribution is 5.76. The van der Waals surface area contributed by atoms with E-state index in [9.17, 15) is 4.79 Å². The third kappa shape index (κ3) is 3.92. The summed E-state index contributed by atoms with van der Waals surface area (Å²) in [6.45, 7) is 4.07. The van der Waals surface area contributed by atoms with Crippen molar-refractivity contribution >= 4 is 16.9 Å². The number of benzene rings is 1. The van der Waals surface area contributed by atoms with E-state index < -0.39 is 0 Å². The number of hydrogen-bond acceptors (Lipinski definition) is 5. The molecule has 6 nitrogen and oxygen atoms in total. The predicted molar refractivity (Wildman–Crippen MR) is 141 cm³/mol. The molecule has 0 radical (unpaired) electrons. The van der Waals surface area contributed by atoms with Crippen LogP contribution in [0.3, 0.4) is 0 Å². The van der Waals surface area contributed by atoms with Gasteiger partial charge in [0.05, 0.1) is 11.0 Å². The zero-order valence-electron chi connectivity index (χ0n) is 21.1. The second-order valence-electron chi connectivity index (χ2n) is 12.1. The summed E-state index contributed by atoms with van der Waals surface area (Å²) in [4.78, 5) is 24.3. The SMILES string of the molecule is O=c1c(N2CC3CNCC3C2)nc2ccccc2n1C1C[C@H]2CC[C@@H](C1)N2C1CCCCCCC1. The van der Waals surface area contributed by atoms with Crippen LogP contribution >= 0.6 is 0 Å². The molecule has 6 heteroatoms. The molecule has 188 valence electrons. The Balaban J connectivity index is 1.21. The molecule has 4 aliphatic heterocycles. The molecule has 0 spiro atoms. The van der Waals surface area contributed by atoms with Gasteiger partial charge in [-0.15, -0.1) is 0 Å². The first-order chi connectivity index (χ1) is 17.3. The highest BCUT2D eigenvalue weighted by atomic mass is 16.1. The normalized spacial score (nSPS) is 34.3. The Kier molecular flexibility index (Phi) is 5.85. The Morgan fingerprint density at radius 1 is 0.771 bits per heavy atom. The summed E-state index contributed by atoms with van der Waals surface area (Å²) in [6.07, 6.45) is 14.7. The second-order valence-corrected chi connectivity index (χ2v) is 12.1. The third-order valence-electron chi connectivity index (χ3n) is 10.1. The van der Waals surface area contributed by atoms with E-state index in [0.29, 0.717) is 35.8 Å². The van der Waals surface area contributed by atoms with Gasteiger partial charge in [-0.05, 0) is 62.5 Å².